The molecule has 1 amide bonds. The summed E-state index contributed by atoms with van der Waals surface area (Å²) >= 11 is 0. The van der Waals surface area contributed by atoms with E-state index >= 15 is 0 Å². The third-order valence-electron chi connectivity index (χ3n) is 6.94. The molecule has 3 aromatic carbocycles. The normalized spacial score (nSPS) is 16.5. The maximum absolute atomic E-state index is 13.5. The summed E-state index contributed by atoms with van der Waals surface area (Å²) in [4.78, 5) is 30.1. The molecule has 1 atom stereocenters. The second-order valence-corrected chi connectivity index (χ2v) is 9.07. The number of carboxylic acid groups (broad SMARTS) is 1. The number of hydrogen-bond acceptors (Lipinski definition) is 4. The smallest absolute Gasteiger partial charge is 0.335 e. The van der Waals surface area contributed by atoms with E-state index in [1.807, 2.05) is 23.1 Å². The van der Waals surface area contributed by atoms with Gasteiger partial charge in [-0.3, -0.25) is 4.79 Å². The quantitative estimate of drug-likeness (QED) is 0.397. The molecule has 180 valence electrons. The van der Waals surface area contributed by atoms with Gasteiger partial charge in [-0.2, -0.15) is 0 Å². The highest BCUT2D eigenvalue weighted by Crippen LogP contribution is 2.42. The summed E-state index contributed by atoms with van der Waals surface area (Å²) in [6.45, 7) is 2.83. The standard InChI is InChI=1S/C29H24N2O5/c1-17-3-2-4-21-22-13-14-31(25(32)12-7-18-5-8-19(9-6-18)29(33)34)28(27(22)30-26(17)21)20-10-11-23-24(15-20)36-16-35-23/h2-12,15,28,30H,13-14,16H2,1H3,(H,33,34)/b12-7+. The lowest BCUT2D eigenvalue weighted by atomic mass is 9.91. The van der Waals surface area contributed by atoms with E-state index in [1.54, 1.807) is 24.3 Å². The monoisotopic (exact) mass is 480 g/mol. The minimum absolute atomic E-state index is 0.124. The number of amides is 1. The van der Waals surface area contributed by atoms with Crippen LogP contribution in [0.2, 0.25) is 0 Å². The predicted molar refractivity (Wildman–Crippen MR) is 135 cm³/mol. The van der Waals surface area contributed by atoms with Gasteiger partial charge in [0.2, 0.25) is 12.7 Å². The first-order chi connectivity index (χ1) is 17.5. The fraction of sp³-hybridized carbons (Fsp3) is 0.172. The second kappa shape index (κ2) is 8.61. The molecule has 7 nitrogen and oxygen atoms in total. The molecular weight excluding hydrogens is 456 g/mol. The number of rotatable bonds is 4. The summed E-state index contributed by atoms with van der Waals surface area (Å²) in [6.07, 6.45) is 4.01. The first kappa shape index (κ1) is 22.0. The maximum atomic E-state index is 13.5. The Hall–Kier alpha value is -4.52. The molecule has 1 aromatic heterocycles. The highest BCUT2D eigenvalue weighted by molar-refractivity contribution is 5.94. The molecule has 36 heavy (non-hydrogen) atoms. The average molecular weight is 481 g/mol. The van der Waals surface area contributed by atoms with Crippen LogP contribution in [0.3, 0.4) is 0 Å². The molecule has 3 heterocycles. The van der Waals surface area contributed by atoms with Crippen LogP contribution in [0.4, 0.5) is 0 Å². The molecule has 1 unspecified atom stereocenters. The van der Waals surface area contributed by atoms with Crippen LogP contribution in [0.5, 0.6) is 11.5 Å². The van der Waals surface area contributed by atoms with Crippen molar-refractivity contribution in [3.63, 3.8) is 0 Å². The number of aromatic carboxylic acids is 1. The van der Waals surface area contributed by atoms with Gasteiger partial charge >= 0.3 is 5.97 Å². The number of fused-ring (bicyclic) bond motifs is 4. The van der Waals surface area contributed by atoms with Crippen molar-refractivity contribution in [3.8, 4) is 11.5 Å². The van der Waals surface area contributed by atoms with Gasteiger partial charge in [0.1, 0.15) is 0 Å². The fourth-order valence-electron chi connectivity index (χ4n) is 5.13. The third kappa shape index (κ3) is 3.69. The van der Waals surface area contributed by atoms with Crippen LogP contribution in [0.25, 0.3) is 17.0 Å². The molecule has 2 N–H and O–H groups in total. The van der Waals surface area contributed by atoms with Gasteiger partial charge in [0.05, 0.1) is 11.6 Å². The van der Waals surface area contributed by atoms with E-state index in [1.165, 1.54) is 23.1 Å². The zero-order valence-corrected chi connectivity index (χ0v) is 19.7. The number of nitrogens with one attached hydrogen (secondary N) is 1. The van der Waals surface area contributed by atoms with Crippen molar-refractivity contribution in [1.82, 2.24) is 9.88 Å². The molecule has 2 aliphatic rings. The Morgan fingerprint density at radius 3 is 2.67 bits per heavy atom. The Morgan fingerprint density at radius 1 is 1.06 bits per heavy atom. The van der Waals surface area contributed by atoms with E-state index in [2.05, 4.69) is 30.1 Å². The number of carbonyl (C=O) groups excluding carboxylic acids is 1. The van der Waals surface area contributed by atoms with E-state index in [9.17, 15) is 9.59 Å². The van der Waals surface area contributed by atoms with Crippen molar-refractivity contribution in [2.75, 3.05) is 13.3 Å². The van der Waals surface area contributed by atoms with Gasteiger partial charge in [-0.05, 0) is 65.9 Å². The number of aryl methyl sites for hydroxylation is 1. The van der Waals surface area contributed by atoms with Crippen LogP contribution in [0.15, 0.2) is 66.7 Å². The fourth-order valence-corrected chi connectivity index (χ4v) is 5.13. The number of ether oxygens (including phenoxy) is 2. The summed E-state index contributed by atoms with van der Waals surface area (Å²) in [5.41, 5.74) is 6.40. The number of benzene rings is 3. The van der Waals surface area contributed by atoms with Gasteiger partial charge in [-0.15, -0.1) is 0 Å². The van der Waals surface area contributed by atoms with E-state index in [-0.39, 0.29) is 24.3 Å². The topological polar surface area (TPSA) is 91.9 Å². The highest BCUT2D eigenvalue weighted by atomic mass is 16.7. The van der Waals surface area contributed by atoms with Gasteiger partial charge in [-0.1, -0.05) is 36.4 Å². The van der Waals surface area contributed by atoms with E-state index in [4.69, 9.17) is 14.6 Å². The van der Waals surface area contributed by atoms with Crippen LogP contribution in [0.1, 0.15) is 44.3 Å². The molecular formula is C29H24N2O5. The molecule has 0 saturated heterocycles. The van der Waals surface area contributed by atoms with Crippen molar-refractivity contribution in [2.24, 2.45) is 0 Å². The molecule has 0 bridgehead atoms. The predicted octanol–water partition coefficient (Wildman–Crippen LogP) is 5.09. The number of aromatic amines is 1. The van der Waals surface area contributed by atoms with Crippen LogP contribution in [0, 0.1) is 6.92 Å². The van der Waals surface area contributed by atoms with Gasteiger partial charge in [0.25, 0.3) is 0 Å². The van der Waals surface area contributed by atoms with E-state index < -0.39 is 5.97 Å². The minimum atomic E-state index is -0.981. The number of carboxylic acids is 1. The molecule has 2 aliphatic heterocycles. The maximum Gasteiger partial charge on any atom is 0.335 e. The lowest BCUT2D eigenvalue weighted by Crippen LogP contribution is -2.39. The number of aromatic nitrogens is 1. The molecule has 0 fully saturated rings. The number of nitrogens with zero attached hydrogens (tertiary/aromatic N) is 1. The Morgan fingerprint density at radius 2 is 1.86 bits per heavy atom. The molecule has 6 rings (SSSR count). The van der Waals surface area contributed by atoms with E-state index in [0.717, 1.165) is 34.3 Å². The Bertz CT molecular complexity index is 1530. The number of H-pyrrole nitrogens is 1. The average Bonchev–Trinajstić information content (AvgIpc) is 3.52. The summed E-state index contributed by atoms with van der Waals surface area (Å²) in [7, 11) is 0. The lowest BCUT2D eigenvalue weighted by Gasteiger charge is -2.35. The van der Waals surface area contributed by atoms with Crippen molar-refractivity contribution >= 4 is 28.9 Å². The number of carbonyl (C=O) groups is 2. The second-order valence-electron chi connectivity index (χ2n) is 9.07. The minimum Gasteiger partial charge on any atom is -0.478 e. The van der Waals surface area contributed by atoms with Crippen LogP contribution < -0.4 is 9.47 Å². The molecule has 7 heteroatoms. The molecule has 0 spiro atoms. The Labute approximate surface area is 207 Å². The number of hydrogen-bond donors (Lipinski definition) is 2. The highest BCUT2D eigenvalue weighted by Gasteiger charge is 2.34. The number of para-hydroxylation sites is 1. The van der Waals surface area contributed by atoms with Crippen molar-refractivity contribution in [2.45, 2.75) is 19.4 Å². The first-order valence-corrected chi connectivity index (χ1v) is 11.8. The molecule has 0 saturated carbocycles. The largest absolute Gasteiger partial charge is 0.478 e. The molecule has 4 aromatic rings. The SMILES string of the molecule is Cc1cccc2c3c([nH]c12)C(c1ccc2c(c1)OCO2)N(C(=O)/C=C/c1ccc(C(=O)O)cc1)CC3. The summed E-state index contributed by atoms with van der Waals surface area (Å²) in [6, 6.07) is 18.2. The van der Waals surface area contributed by atoms with Crippen LogP contribution >= 0.6 is 0 Å². The van der Waals surface area contributed by atoms with E-state index in [0.29, 0.717) is 18.0 Å². The molecule has 0 aliphatic carbocycles. The first-order valence-electron chi connectivity index (χ1n) is 11.8. The Balaban J connectivity index is 1.39. The zero-order valence-electron chi connectivity index (χ0n) is 19.7. The van der Waals surface area contributed by atoms with Crippen molar-refractivity contribution in [3.05, 3.63) is 100 Å². The summed E-state index contributed by atoms with van der Waals surface area (Å²) < 4.78 is 11.1. The Kier molecular flexibility index (Phi) is 5.25. The van der Waals surface area contributed by atoms with Crippen molar-refractivity contribution < 1.29 is 24.2 Å². The summed E-state index contributed by atoms with van der Waals surface area (Å²) in [5, 5.41) is 10.3. The lowest BCUT2D eigenvalue weighted by molar-refractivity contribution is -0.128. The van der Waals surface area contributed by atoms with Crippen molar-refractivity contribution in [1.29, 1.82) is 0 Å². The van der Waals surface area contributed by atoms with Gasteiger partial charge in [0, 0.05) is 29.2 Å². The zero-order chi connectivity index (χ0) is 24.8. The van der Waals surface area contributed by atoms with Gasteiger partial charge in [-0.25, -0.2) is 4.79 Å². The van der Waals surface area contributed by atoms with Crippen LogP contribution in [-0.2, 0) is 11.2 Å². The summed E-state index contributed by atoms with van der Waals surface area (Å²) in [5.74, 6) is 0.269. The van der Waals surface area contributed by atoms with Gasteiger partial charge in [0.15, 0.2) is 11.5 Å². The third-order valence-corrected chi connectivity index (χ3v) is 6.94. The molecule has 0 radical (unpaired) electrons. The van der Waals surface area contributed by atoms with Gasteiger partial charge < -0.3 is 24.5 Å². The van der Waals surface area contributed by atoms with Crippen LogP contribution in [-0.4, -0.2) is 40.2 Å².